The van der Waals surface area contributed by atoms with Gasteiger partial charge in [0, 0.05) is 24.3 Å². The molecule has 11 heteroatoms. The molecule has 0 bridgehead atoms. The number of non-ortho nitro benzene ring substituents is 2. The first-order valence-corrected chi connectivity index (χ1v) is 6.66. The van der Waals surface area contributed by atoms with Crippen molar-refractivity contribution >= 4 is 11.4 Å². The van der Waals surface area contributed by atoms with Crippen LogP contribution < -0.4 is 0 Å². The molecular weight excluding hydrogens is 336 g/mol. The molecule has 0 aliphatic carbocycles. The van der Waals surface area contributed by atoms with Crippen LogP contribution >= 0.6 is 0 Å². The maximum atomic E-state index is 10.8. The van der Waals surface area contributed by atoms with Crippen LogP contribution in [-0.4, -0.2) is 30.2 Å². The number of benzene rings is 2. The molecule has 2 N–H and O–H groups in total. The minimum Gasteiger partial charge on any atom is -0.507 e. The summed E-state index contributed by atoms with van der Waals surface area (Å²) in [4.78, 5) is 24.3. The van der Waals surface area contributed by atoms with E-state index in [1.807, 2.05) is 0 Å². The van der Waals surface area contributed by atoms with E-state index in [0.717, 1.165) is 36.4 Å². The van der Waals surface area contributed by atoms with E-state index in [9.17, 15) is 30.4 Å². The standard InChI is InChI=1S/C14H8N4O7/c19-11-3-1-7(17(21)22)5-9(11)13-15-14(25-16-13)10-6-8(18(23)24)2-4-12(10)20/h1-6,19-20H. The lowest BCUT2D eigenvalue weighted by Gasteiger charge is -2.00. The Morgan fingerprint density at radius 2 is 1.40 bits per heavy atom. The maximum Gasteiger partial charge on any atom is 0.270 e. The maximum absolute atomic E-state index is 10.8. The van der Waals surface area contributed by atoms with E-state index in [1.165, 1.54) is 0 Å². The molecule has 0 radical (unpaired) electrons. The summed E-state index contributed by atoms with van der Waals surface area (Å²) in [7, 11) is 0. The van der Waals surface area contributed by atoms with Crippen LogP contribution in [0.5, 0.6) is 11.5 Å². The first kappa shape index (κ1) is 15.9. The summed E-state index contributed by atoms with van der Waals surface area (Å²) in [5.41, 5.74) is -0.741. The quantitative estimate of drug-likeness (QED) is 0.534. The van der Waals surface area contributed by atoms with Crippen molar-refractivity contribution < 1.29 is 24.6 Å². The van der Waals surface area contributed by atoms with Gasteiger partial charge in [-0.25, -0.2) is 0 Å². The van der Waals surface area contributed by atoms with Gasteiger partial charge in [-0.05, 0) is 12.1 Å². The highest BCUT2D eigenvalue weighted by molar-refractivity contribution is 5.70. The Bertz CT molecular complexity index is 921. The largest absolute Gasteiger partial charge is 0.507 e. The van der Waals surface area contributed by atoms with Gasteiger partial charge in [0.2, 0.25) is 5.82 Å². The zero-order valence-corrected chi connectivity index (χ0v) is 12.2. The van der Waals surface area contributed by atoms with Gasteiger partial charge in [-0.2, -0.15) is 4.98 Å². The number of rotatable bonds is 4. The van der Waals surface area contributed by atoms with E-state index in [1.54, 1.807) is 0 Å². The van der Waals surface area contributed by atoms with Crippen LogP contribution in [0.2, 0.25) is 0 Å². The SMILES string of the molecule is O=[N+]([O-])c1ccc(O)c(-c2noc(-c3cc([N+](=O)[O-])ccc3O)n2)c1. The molecule has 2 aromatic carbocycles. The van der Waals surface area contributed by atoms with E-state index < -0.39 is 9.85 Å². The summed E-state index contributed by atoms with van der Waals surface area (Å²) in [6, 6.07) is 6.50. The Balaban J connectivity index is 2.07. The van der Waals surface area contributed by atoms with Gasteiger partial charge >= 0.3 is 0 Å². The molecule has 3 rings (SSSR count). The molecular formula is C14H8N4O7. The van der Waals surface area contributed by atoms with Crippen LogP contribution in [0, 0.1) is 20.2 Å². The zero-order chi connectivity index (χ0) is 18.1. The van der Waals surface area contributed by atoms with Gasteiger partial charge in [-0.1, -0.05) is 5.16 Å². The van der Waals surface area contributed by atoms with Crippen LogP contribution in [0.1, 0.15) is 0 Å². The first-order chi connectivity index (χ1) is 11.9. The van der Waals surface area contributed by atoms with Crippen molar-refractivity contribution in [2.45, 2.75) is 0 Å². The summed E-state index contributed by atoms with van der Waals surface area (Å²) in [5.74, 6) is -1.07. The molecule has 11 nitrogen and oxygen atoms in total. The van der Waals surface area contributed by atoms with Crippen LogP contribution in [0.3, 0.4) is 0 Å². The third kappa shape index (κ3) is 2.93. The summed E-state index contributed by atoms with van der Waals surface area (Å²) >= 11 is 0. The zero-order valence-electron chi connectivity index (χ0n) is 12.2. The molecule has 126 valence electrons. The lowest BCUT2D eigenvalue weighted by molar-refractivity contribution is -0.385. The predicted octanol–water partition coefficient (Wildman–Crippen LogP) is 2.63. The van der Waals surface area contributed by atoms with Crippen molar-refractivity contribution in [2.75, 3.05) is 0 Å². The molecule has 1 aromatic heterocycles. The highest BCUT2D eigenvalue weighted by Crippen LogP contribution is 2.35. The molecule has 0 aliphatic rings. The predicted molar refractivity (Wildman–Crippen MR) is 81.8 cm³/mol. The lowest BCUT2D eigenvalue weighted by atomic mass is 10.1. The van der Waals surface area contributed by atoms with Crippen molar-refractivity contribution in [1.82, 2.24) is 10.1 Å². The van der Waals surface area contributed by atoms with Gasteiger partial charge in [0.1, 0.15) is 11.5 Å². The monoisotopic (exact) mass is 344 g/mol. The smallest absolute Gasteiger partial charge is 0.270 e. The third-order valence-electron chi connectivity index (χ3n) is 3.28. The van der Waals surface area contributed by atoms with Crippen molar-refractivity contribution in [2.24, 2.45) is 0 Å². The summed E-state index contributed by atoms with van der Waals surface area (Å²) in [5, 5.41) is 44.9. The number of hydrogen-bond donors (Lipinski definition) is 2. The van der Waals surface area contributed by atoms with E-state index in [4.69, 9.17) is 4.52 Å². The Morgan fingerprint density at radius 3 is 1.96 bits per heavy atom. The summed E-state index contributed by atoms with van der Waals surface area (Å²) in [6.45, 7) is 0. The minimum absolute atomic E-state index is 0.0610. The fourth-order valence-electron chi connectivity index (χ4n) is 2.07. The molecule has 25 heavy (non-hydrogen) atoms. The second-order valence-electron chi connectivity index (χ2n) is 4.84. The fraction of sp³-hybridized carbons (Fsp3) is 0. The van der Waals surface area contributed by atoms with Gasteiger partial charge < -0.3 is 14.7 Å². The first-order valence-electron chi connectivity index (χ1n) is 6.66. The fourth-order valence-corrected chi connectivity index (χ4v) is 2.07. The summed E-state index contributed by atoms with van der Waals surface area (Å²) < 4.78 is 4.95. The van der Waals surface area contributed by atoms with Crippen LogP contribution in [0.25, 0.3) is 22.8 Å². The molecule has 0 atom stereocenters. The number of aromatic hydroxyl groups is 2. The van der Waals surface area contributed by atoms with Crippen molar-refractivity contribution in [3.05, 3.63) is 56.6 Å². The molecule has 0 fully saturated rings. The van der Waals surface area contributed by atoms with Gasteiger partial charge in [-0.15, -0.1) is 0 Å². The van der Waals surface area contributed by atoms with E-state index in [2.05, 4.69) is 10.1 Å². The normalized spacial score (nSPS) is 10.6. The topological polar surface area (TPSA) is 166 Å². The number of phenolic OH excluding ortho intramolecular Hbond substituents is 2. The molecule has 0 spiro atoms. The number of nitrogens with zero attached hydrogens (tertiary/aromatic N) is 4. The van der Waals surface area contributed by atoms with Crippen molar-refractivity contribution in [3.63, 3.8) is 0 Å². The number of hydrogen-bond acceptors (Lipinski definition) is 9. The average molecular weight is 344 g/mol. The van der Waals surface area contributed by atoms with E-state index in [0.29, 0.717) is 0 Å². The summed E-state index contributed by atoms with van der Waals surface area (Å²) in [6.07, 6.45) is 0. The van der Waals surface area contributed by atoms with Crippen molar-refractivity contribution in [3.8, 4) is 34.3 Å². The molecule has 3 aromatic rings. The average Bonchev–Trinajstić information content (AvgIpc) is 3.04. The van der Waals surface area contributed by atoms with Gasteiger partial charge in [0.25, 0.3) is 17.3 Å². The third-order valence-corrected chi connectivity index (χ3v) is 3.28. The Kier molecular flexibility index (Phi) is 3.73. The van der Waals surface area contributed by atoms with E-state index in [-0.39, 0.29) is 45.7 Å². The minimum atomic E-state index is -0.660. The molecule has 1 heterocycles. The lowest BCUT2D eigenvalue weighted by Crippen LogP contribution is -1.90. The molecule has 0 amide bonds. The van der Waals surface area contributed by atoms with Crippen molar-refractivity contribution in [1.29, 1.82) is 0 Å². The van der Waals surface area contributed by atoms with Gasteiger partial charge in [0.05, 0.1) is 21.0 Å². The van der Waals surface area contributed by atoms with E-state index >= 15 is 0 Å². The molecule has 0 saturated heterocycles. The van der Waals surface area contributed by atoms with Crippen LogP contribution in [0.4, 0.5) is 11.4 Å². The number of nitro benzene ring substituents is 2. The Hall–Kier alpha value is -4.02. The van der Waals surface area contributed by atoms with Crippen LogP contribution in [-0.2, 0) is 0 Å². The highest BCUT2D eigenvalue weighted by atomic mass is 16.6. The van der Waals surface area contributed by atoms with Gasteiger partial charge in [-0.3, -0.25) is 20.2 Å². The second kappa shape index (κ2) is 5.88. The second-order valence-corrected chi connectivity index (χ2v) is 4.84. The molecule has 0 unspecified atom stereocenters. The molecule has 0 aliphatic heterocycles. The molecule has 0 saturated carbocycles. The Morgan fingerprint density at radius 1 is 0.880 bits per heavy atom. The van der Waals surface area contributed by atoms with Crippen LogP contribution in [0.15, 0.2) is 40.9 Å². The number of aromatic nitrogens is 2. The number of nitro groups is 2. The van der Waals surface area contributed by atoms with Gasteiger partial charge in [0.15, 0.2) is 0 Å². The Labute approximate surface area is 138 Å². The number of phenols is 2. The highest BCUT2D eigenvalue weighted by Gasteiger charge is 2.20.